The zero-order valence-corrected chi connectivity index (χ0v) is 9.84. The van der Waals surface area contributed by atoms with Crippen LogP contribution < -0.4 is 0 Å². The molecule has 0 aliphatic rings. The van der Waals surface area contributed by atoms with Crippen LogP contribution in [-0.2, 0) is 6.42 Å². The van der Waals surface area contributed by atoms with Crippen LogP contribution in [0.5, 0.6) is 0 Å². The van der Waals surface area contributed by atoms with Crippen molar-refractivity contribution < 1.29 is 18.7 Å². The lowest BCUT2D eigenvalue weighted by molar-refractivity contribution is 0.0660. The van der Waals surface area contributed by atoms with Crippen LogP contribution in [0.3, 0.4) is 0 Å². The first-order chi connectivity index (χ1) is 9.11. The molecule has 0 bridgehead atoms. The molecular weight excluding hydrogens is 249 g/mol. The number of benzene rings is 1. The first kappa shape index (κ1) is 12.8. The van der Waals surface area contributed by atoms with Gasteiger partial charge in [-0.05, 0) is 30.2 Å². The van der Waals surface area contributed by atoms with E-state index >= 15 is 0 Å². The normalized spacial score (nSPS) is 11.8. The number of nitriles is 1. The van der Waals surface area contributed by atoms with Gasteiger partial charge < -0.3 is 9.52 Å². The summed E-state index contributed by atoms with van der Waals surface area (Å²) in [5.74, 6) is -2.32. The minimum Gasteiger partial charge on any atom is -0.475 e. The standard InChI is InChI=1S/C14H10FNO3/c15-11-4-2-1-3-9(11)7-10(8-16)12-5-6-13(19-12)14(17)18/h1-6,10H,7H2,(H,17,18). The summed E-state index contributed by atoms with van der Waals surface area (Å²) in [5, 5.41) is 17.8. The average Bonchev–Trinajstić information content (AvgIpc) is 2.87. The summed E-state index contributed by atoms with van der Waals surface area (Å²) < 4.78 is 18.6. The molecule has 96 valence electrons. The van der Waals surface area contributed by atoms with Crippen LogP contribution >= 0.6 is 0 Å². The summed E-state index contributed by atoms with van der Waals surface area (Å²) in [6, 6.07) is 10.8. The van der Waals surface area contributed by atoms with Crippen molar-refractivity contribution >= 4 is 5.97 Å². The van der Waals surface area contributed by atoms with Gasteiger partial charge in [0.05, 0.1) is 6.07 Å². The van der Waals surface area contributed by atoms with Crippen LogP contribution in [0.4, 0.5) is 4.39 Å². The van der Waals surface area contributed by atoms with Crippen molar-refractivity contribution in [1.29, 1.82) is 5.26 Å². The molecule has 5 heteroatoms. The molecule has 0 spiro atoms. The Morgan fingerprint density at radius 3 is 2.68 bits per heavy atom. The molecule has 1 unspecified atom stereocenters. The van der Waals surface area contributed by atoms with Crippen molar-refractivity contribution in [2.24, 2.45) is 0 Å². The molecular formula is C14H10FNO3. The van der Waals surface area contributed by atoms with E-state index in [-0.39, 0.29) is 17.9 Å². The Bertz CT molecular complexity index is 642. The van der Waals surface area contributed by atoms with Crippen LogP contribution in [0, 0.1) is 17.1 Å². The first-order valence-electron chi connectivity index (χ1n) is 5.58. The summed E-state index contributed by atoms with van der Waals surface area (Å²) in [5.41, 5.74) is 0.391. The third kappa shape index (κ3) is 2.80. The molecule has 0 fully saturated rings. The summed E-state index contributed by atoms with van der Waals surface area (Å²) in [7, 11) is 0. The molecule has 0 saturated carbocycles. The highest BCUT2D eigenvalue weighted by molar-refractivity contribution is 5.84. The predicted octanol–water partition coefficient (Wildman–Crippen LogP) is 2.97. The Kier molecular flexibility index (Phi) is 3.62. The molecule has 2 aromatic rings. The Hall–Kier alpha value is -2.61. The zero-order valence-electron chi connectivity index (χ0n) is 9.84. The van der Waals surface area contributed by atoms with Crippen molar-refractivity contribution in [2.45, 2.75) is 12.3 Å². The summed E-state index contributed by atoms with van der Waals surface area (Å²) in [6.45, 7) is 0. The molecule has 2 rings (SSSR count). The fourth-order valence-corrected chi connectivity index (χ4v) is 1.75. The number of halogens is 1. The second kappa shape index (κ2) is 5.36. The molecule has 1 aromatic carbocycles. The Labute approximate surface area is 108 Å². The van der Waals surface area contributed by atoms with Crippen molar-refractivity contribution in [2.75, 3.05) is 0 Å². The van der Waals surface area contributed by atoms with E-state index in [9.17, 15) is 9.18 Å². The molecule has 1 N–H and O–H groups in total. The molecule has 1 atom stereocenters. The fourth-order valence-electron chi connectivity index (χ4n) is 1.75. The monoisotopic (exact) mass is 259 g/mol. The van der Waals surface area contributed by atoms with E-state index in [1.54, 1.807) is 18.2 Å². The van der Waals surface area contributed by atoms with Crippen molar-refractivity contribution in [3.05, 3.63) is 59.3 Å². The van der Waals surface area contributed by atoms with E-state index in [4.69, 9.17) is 14.8 Å². The maximum absolute atomic E-state index is 13.5. The predicted molar refractivity (Wildman–Crippen MR) is 64.1 cm³/mol. The molecule has 19 heavy (non-hydrogen) atoms. The van der Waals surface area contributed by atoms with E-state index < -0.39 is 17.7 Å². The van der Waals surface area contributed by atoms with Crippen LogP contribution in [0.15, 0.2) is 40.8 Å². The third-order valence-electron chi connectivity index (χ3n) is 2.72. The highest BCUT2D eigenvalue weighted by atomic mass is 19.1. The number of nitrogens with zero attached hydrogens (tertiary/aromatic N) is 1. The molecule has 1 aromatic heterocycles. The second-order valence-corrected chi connectivity index (χ2v) is 3.98. The van der Waals surface area contributed by atoms with E-state index in [2.05, 4.69) is 0 Å². The Morgan fingerprint density at radius 2 is 2.11 bits per heavy atom. The molecule has 4 nitrogen and oxygen atoms in total. The van der Waals surface area contributed by atoms with E-state index in [0.717, 1.165) is 0 Å². The van der Waals surface area contributed by atoms with Crippen LogP contribution in [0.1, 0.15) is 27.8 Å². The number of hydrogen-bond donors (Lipinski definition) is 1. The number of carboxylic acids is 1. The molecule has 1 heterocycles. The minimum atomic E-state index is -1.20. The quantitative estimate of drug-likeness (QED) is 0.915. The molecule has 0 aliphatic carbocycles. The van der Waals surface area contributed by atoms with Crippen LogP contribution in [-0.4, -0.2) is 11.1 Å². The molecule has 0 saturated heterocycles. The highest BCUT2D eigenvalue weighted by Crippen LogP contribution is 2.23. The lowest BCUT2D eigenvalue weighted by Crippen LogP contribution is -2.01. The number of carboxylic acid groups (broad SMARTS) is 1. The lowest BCUT2D eigenvalue weighted by atomic mass is 9.98. The van der Waals surface area contributed by atoms with Gasteiger partial charge >= 0.3 is 5.97 Å². The third-order valence-corrected chi connectivity index (χ3v) is 2.72. The number of furan rings is 1. The van der Waals surface area contributed by atoms with Gasteiger partial charge in [-0.2, -0.15) is 5.26 Å². The Morgan fingerprint density at radius 1 is 1.37 bits per heavy atom. The van der Waals surface area contributed by atoms with Gasteiger partial charge in [-0.15, -0.1) is 0 Å². The van der Waals surface area contributed by atoms with E-state index in [0.29, 0.717) is 5.56 Å². The van der Waals surface area contributed by atoms with Gasteiger partial charge in [-0.1, -0.05) is 18.2 Å². The minimum absolute atomic E-state index is 0.135. The van der Waals surface area contributed by atoms with Crippen LogP contribution in [0.25, 0.3) is 0 Å². The average molecular weight is 259 g/mol. The van der Waals surface area contributed by atoms with Gasteiger partial charge in [0.1, 0.15) is 17.5 Å². The number of hydrogen-bond acceptors (Lipinski definition) is 3. The number of aromatic carboxylic acids is 1. The highest BCUT2D eigenvalue weighted by Gasteiger charge is 2.19. The van der Waals surface area contributed by atoms with Crippen molar-refractivity contribution in [3.63, 3.8) is 0 Å². The largest absolute Gasteiger partial charge is 0.475 e. The fraction of sp³-hybridized carbons (Fsp3) is 0.143. The van der Waals surface area contributed by atoms with Gasteiger partial charge in [0, 0.05) is 0 Å². The molecule has 0 aliphatic heterocycles. The van der Waals surface area contributed by atoms with Gasteiger partial charge in [-0.3, -0.25) is 0 Å². The smallest absolute Gasteiger partial charge is 0.371 e. The van der Waals surface area contributed by atoms with Gasteiger partial charge in [-0.25, -0.2) is 9.18 Å². The maximum atomic E-state index is 13.5. The SMILES string of the molecule is N#CC(Cc1ccccc1F)c1ccc(C(=O)O)o1. The van der Waals surface area contributed by atoms with Crippen molar-refractivity contribution in [3.8, 4) is 6.07 Å². The number of rotatable bonds is 4. The van der Waals surface area contributed by atoms with Gasteiger partial charge in [0.15, 0.2) is 0 Å². The second-order valence-electron chi connectivity index (χ2n) is 3.98. The van der Waals surface area contributed by atoms with E-state index in [1.807, 2.05) is 6.07 Å². The summed E-state index contributed by atoms with van der Waals surface area (Å²) >= 11 is 0. The lowest BCUT2D eigenvalue weighted by Gasteiger charge is -2.07. The summed E-state index contributed by atoms with van der Waals surface area (Å²) in [6.07, 6.45) is 0.135. The number of carbonyl (C=O) groups is 1. The zero-order chi connectivity index (χ0) is 13.8. The Balaban J connectivity index is 2.23. The maximum Gasteiger partial charge on any atom is 0.371 e. The van der Waals surface area contributed by atoms with Crippen molar-refractivity contribution in [1.82, 2.24) is 0 Å². The van der Waals surface area contributed by atoms with Crippen LogP contribution in [0.2, 0.25) is 0 Å². The summed E-state index contributed by atoms with van der Waals surface area (Å²) in [4.78, 5) is 10.7. The topological polar surface area (TPSA) is 74.2 Å². The molecule has 0 radical (unpaired) electrons. The molecule has 0 amide bonds. The first-order valence-corrected chi connectivity index (χ1v) is 5.58. The van der Waals surface area contributed by atoms with E-state index in [1.165, 1.54) is 18.2 Å². The van der Waals surface area contributed by atoms with Gasteiger partial charge in [0.25, 0.3) is 0 Å². The van der Waals surface area contributed by atoms with Gasteiger partial charge in [0.2, 0.25) is 5.76 Å².